The topological polar surface area (TPSA) is 66.9 Å². The first-order chi connectivity index (χ1) is 11.7. The minimum Gasteiger partial charge on any atom is -0.491 e. The van der Waals surface area contributed by atoms with E-state index in [9.17, 15) is 13.2 Å². The third-order valence-corrected chi connectivity index (χ3v) is 4.66. The molecular formula is C18H30N2O4S. The second-order valence-corrected chi connectivity index (χ2v) is 8.22. The van der Waals surface area contributed by atoms with Gasteiger partial charge in [0, 0.05) is 13.1 Å². The summed E-state index contributed by atoms with van der Waals surface area (Å²) in [4.78, 5) is 14.3. The number of hydrogen-bond donors (Lipinski definition) is 0. The fourth-order valence-electron chi connectivity index (χ4n) is 2.49. The number of anilines is 1. The molecule has 0 aliphatic rings. The van der Waals surface area contributed by atoms with Gasteiger partial charge in [0.2, 0.25) is 15.9 Å². The molecule has 0 spiro atoms. The zero-order chi connectivity index (χ0) is 19.0. The summed E-state index contributed by atoms with van der Waals surface area (Å²) in [6.45, 7) is 8.91. The number of carbonyl (C=O) groups is 1. The Morgan fingerprint density at radius 1 is 1.08 bits per heavy atom. The number of ether oxygens (including phenoxy) is 1. The van der Waals surface area contributed by atoms with Gasteiger partial charge in [-0.2, -0.15) is 0 Å². The van der Waals surface area contributed by atoms with Crippen LogP contribution in [0, 0.1) is 0 Å². The maximum Gasteiger partial charge on any atom is 0.243 e. The molecule has 0 aromatic heterocycles. The van der Waals surface area contributed by atoms with E-state index >= 15 is 0 Å². The molecule has 1 rings (SSSR count). The molecule has 1 aromatic carbocycles. The predicted molar refractivity (Wildman–Crippen MR) is 102 cm³/mol. The van der Waals surface area contributed by atoms with Crippen LogP contribution in [0.3, 0.4) is 0 Å². The third kappa shape index (κ3) is 6.94. The van der Waals surface area contributed by atoms with Crippen LogP contribution in [0.25, 0.3) is 0 Å². The molecule has 25 heavy (non-hydrogen) atoms. The molecule has 0 fully saturated rings. The lowest BCUT2D eigenvalue weighted by Gasteiger charge is -2.27. The van der Waals surface area contributed by atoms with Crippen LogP contribution in [0.2, 0.25) is 0 Å². The lowest BCUT2D eigenvalue weighted by molar-refractivity contribution is -0.129. The van der Waals surface area contributed by atoms with Crippen LogP contribution in [0.4, 0.5) is 5.69 Å². The van der Waals surface area contributed by atoms with Gasteiger partial charge in [0.1, 0.15) is 12.3 Å². The van der Waals surface area contributed by atoms with Crippen molar-refractivity contribution in [1.29, 1.82) is 0 Å². The molecule has 0 atom stereocenters. The molecule has 0 aliphatic carbocycles. The van der Waals surface area contributed by atoms with E-state index in [2.05, 4.69) is 0 Å². The van der Waals surface area contributed by atoms with Crippen molar-refractivity contribution < 1.29 is 17.9 Å². The van der Waals surface area contributed by atoms with E-state index in [1.165, 1.54) is 0 Å². The summed E-state index contributed by atoms with van der Waals surface area (Å²) in [6, 6.07) is 6.76. The van der Waals surface area contributed by atoms with Crippen LogP contribution in [-0.2, 0) is 14.8 Å². The highest BCUT2D eigenvalue weighted by atomic mass is 32.2. The molecule has 0 heterocycles. The molecule has 6 nitrogen and oxygen atoms in total. The van der Waals surface area contributed by atoms with Crippen molar-refractivity contribution in [2.45, 2.75) is 46.6 Å². The molecule has 0 saturated heterocycles. The van der Waals surface area contributed by atoms with E-state index in [0.29, 0.717) is 24.5 Å². The first-order valence-electron chi connectivity index (χ1n) is 8.71. The molecule has 1 aromatic rings. The summed E-state index contributed by atoms with van der Waals surface area (Å²) in [5, 5.41) is 0. The molecule has 0 bridgehead atoms. The Bertz CT molecular complexity index is 636. The lowest BCUT2D eigenvalue weighted by atomic mass is 10.3. The van der Waals surface area contributed by atoms with Gasteiger partial charge in [0.25, 0.3) is 0 Å². The molecule has 0 saturated carbocycles. The van der Waals surface area contributed by atoms with Crippen LogP contribution in [-0.4, -0.2) is 51.2 Å². The molecule has 0 N–H and O–H groups in total. The van der Waals surface area contributed by atoms with Crippen molar-refractivity contribution in [3.8, 4) is 5.75 Å². The Morgan fingerprint density at radius 2 is 1.60 bits per heavy atom. The molecule has 142 valence electrons. The minimum absolute atomic E-state index is 0.0371. The fraction of sp³-hybridized carbons (Fsp3) is 0.611. The second kappa shape index (κ2) is 9.65. The molecule has 0 unspecified atom stereocenters. The summed E-state index contributed by atoms with van der Waals surface area (Å²) in [5.74, 6) is 0.480. The van der Waals surface area contributed by atoms with Gasteiger partial charge in [-0.1, -0.05) is 13.8 Å². The van der Waals surface area contributed by atoms with E-state index in [1.54, 1.807) is 29.2 Å². The normalized spacial score (nSPS) is 11.4. The highest BCUT2D eigenvalue weighted by Gasteiger charge is 2.23. The number of carbonyl (C=O) groups excluding carboxylic acids is 1. The number of sulfonamides is 1. The Balaban J connectivity index is 3.00. The third-order valence-electron chi connectivity index (χ3n) is 3.52. The van der Waals surface area contributed by atoms with Crippen LogP contribution >= 0.6 is 0 Å². The van der Waals surface area contributed by atoms with Crippen LogP contribution < -0.4 is 9.04 Å². The van der Waals surface area contributed by atoms with Crippen molar-refractivity contribution in [2.24, 2.45) is 0 Å². The SMILES string of the molecule is CCCN(CCC)C(=O)CN(c1ccc(OC(C)C)cc1)S(C)(=O)=O. The van der Waals surface area contributed by atoms with E-state index in [-0.39, 0.29) is 18.6 Å². The van der Waals surface area contributed by atoms with Crippen molar-refractivity contribution in [2.75, 3.05) is 30.2 Å². The van der Waals surface area contributed by atoms with Crippen LogP contribution in [0.1, 0.15) is 40.5 Å². The first kappa shape index (κ1) is 21.3. The van der Waals surface area contributed by atoms with Crippen molar-refractivity contribution in [3.63, 3.8) is 0 Å². The number of rotatable bonds is 10. The highest BCUT2D eigenvalue weighted by molar-refractivity contribution is 7.92. The molecule has 0 radical (unpaired) electrons. The quantitative estimate of drug-likeness (QED) is 0.635. The standard InChI is InChI=1S/C18H30N2O4S/c1-6-12-19(13-7-2)18(21)14-20(25(5,22)23)16-8-10-17(11-9-16)24-15(3)4/h8-11,15H,6-7,12-14H2,1-5H3. The Labute approximate surface area is 151 Å². The van der Waals surface area contributed by atoms with Crippen LogP contribution in [0.15, 0.2) is 24.3 Å². The lowest BCUT2D eigenvalue weighted by Crippen LogP contribution is -2.43. The van der Waals surface area contributed by atoms with Gasteiger partial charge in [-0.3, -0.25) is 9.10 Å². The van der Waals surface area contributed by atoms with Crippen molar-refractivity contribution in [1.82, 2.24) is 4.90 Å². The fourth-order valence-corrected chi connectivity index (χ4v) is 3.34. The molecular weight excluding hydrogens is 340 g/mol. The van der Waals surface area contributed by atoms with Gasteiger partial charge in [-0.05, 0) is 51.0 Å². The van der Waals surface area contributed by atoms with Crippen molar-refractivity contribution in [3.05, 3.63) is 24.3 Å². The second-order valence-electron chi connectivity index (χ2n) is 6.31. The van der Waals surface area contributed by atoms with Crippen molar-refractivity contribution >= 4 is 21.6 Å². The smallest absolute Gasteiger partial charge is 0.243 e. The summed E-state index contributed by atoms with van der Waals surface area (Å²) < 4.78 is 31.1. The van der Waals surface area contributed by atoms with E-state index < -0.39 is 10.0 Å². The number of benzene rings is 1. The average molecular weight is 371 g/mol. The zero-order valence-electron chi connectivity index (χ0n) is 15.9. The Hall–Kier alpha value is -1.76. The summed E-state index contributed by atoms with van der Waals surface area (Å²) in [5.41, 5.74) is 0.458. The minimum atomic E-state index is -3.57. The molecule has 7 heteroatoms. The largest absolute Gasteiger partial charge is 0.491 e. The summed E-state index contributed by atoms with van der Waals surface area (Å²) >= 11 is 0. The van der Waals surface area contributed by atoms with Crippen LogP contribution in [0.5, 0.6) is 5.75 Å². The Morgan fingerprint density at radius 3 is 2.00 bits per heavy atom. The summed E-state index contributed by atoms with van der Waals surface area (Å²) in [6.07, 6.45) is 2.83. The molecule has 1 amide bonds. The summed E-state index contributed by atoms with van der Waals surface area (Å²) in [7, 11) is -3.57. The molecule has 0 aliphatic heterocycles. The van der Waals surface area contributed by atoms with E-state index in [0.717, 1.165) is 23.4 Å². The maximum absolute atomic E-state index is 12.6. The van der Waals surface area contributed by atoms with Gasteiger partial charge in [0.05, 0.1) is 18.0 Å². The monoisotopic (exact) mass is 370 g/mol. The van der Waals surface area contributed by atoms with Gasteiger partial charge in [-0.15, -0.1) is 0 Å². The zero-order valence-corrected chi connectivity index (χ0v) is 16.7. The first-order valence-corrected chi connectivity index (χ1v) is 10.6. The van der Waals surface area contributed by atoms with Gasteiger partial charge < -0.3 is 9.64 Å². The van der Waals surface area contributed by atoms with Gasteiger partial charge in [-0.25, -0.2) is 8.42 Å². The predicted octanol–water partition coefficient (Wildman–Crippen LogP) is 2.89. The number of nitrogens with zero attached hydrogens (tertiary/aromatic N) is 2. The average Bonchev–Trinajstić information content (AvgIpc) is 2.51. The maximum atomic E-state index is 12.6. The number of amides is 1. The van der Waals surface area contributed by atoms with E-state index in [4.69, 9.17) is 4.74 Å². The van der Waals surface area contributed by atoms with Gasteiger partial charge >= 0.3 is 0 Å². The highest BCUT2D eigenvalue weighted by Crippen LogP contribution is 2.22. The van der Waals surface area contributed by atoms with Gasteiger partial charge in [0.15, 0.2) is 0 Å². The Kier molecular flexibility index (Phi) is 8.22. The number of hydrogen-bond acceptors (Lipinski definition) is 4. The van der Waals surface area contributed by atoms with E-state index in [1.807, 2.05) is 27.7 Å².